The molecule has 2 N–H and O–H groups in total. The molecular weight excluding hydrogens is 462 g/mol. The van der Waals surface area contributed by atoms with E-state index >= 15 is 0 Å². The molecule has 7 atom stereocenters. The van der Waals surface area contributed by atoms with Gasteiger partial charge in [0.25, 0.3) is 0 Å². The molecule has 5 fully saturated rings. The summed E-state index contributed by atoms with van der Waals surface area (Å²) in [5.41, 5.74) is 5.57. The molecule has 1 saturated heterocycles. The van der Waals surface area contributed by atoms with Gasteiger partial charge in [0, 0.05) is 30.3 Å². The van der Waals surface area contributed by atoms with Gasteiger partial charge in [-0.2, -0.15) is 0 Å². The van der Waals surface area contributed by atoms with E-state index in [4.69, 9.17) is 4.99 Å². The van der Waals surface area contributed by atoms with Crippen LogP contribution >= 0.6 is 0 Å². The SMILES string of the molecule is C=C.C=C1C=C2CCC3C(CCC4(C)C(C(C)=NCCCC5CCCN5)CCC34)C2(C)CC1.CNC1CC1. The average Bonchev–Trinajstić information content (AvgIpc) is 3.50. The molecule has 1 heterocycles. The third-order valence-electron chi connectivity index (χ3n) is 11.8. The van der Waals surface area contributed by atoms with Gasteiger partial charge in [0.15, 0.2) is 0 Å². The van der Waals surface area contributed by atoms with E-state index in [0.29, 0.717) is 10.8 Å². The number of nitrogens with zero attached hydrogens (tertiary/aromatic N) is 1. The Balaban J connectivity index is 0.000000425. The van der Waals surface area contributed by atoms with Crippen LogP contribution in [0, 0.1) is 34.5 Å². The van der Waals surface area contributed by atoms with E-state index in [9.17, 15) is 0 Å². The third-order valence-corrected chi connectivity index (χ3v) is 11.8. The van der Waals surface area contributed by atoms with Crippen LogP contribution in [0.2, 0.25) is 0 Å². The molecule has 0 radical (unpaired) electrons. The maximum atomic E-state index is 5.16. The van der Waals surface area contributed by atoms with E-state index in [1.54, 1.807) is 5.57 Å². The molecule has 4 saturated carbocycles. The first-order valence-corrected chi connectivity index (χ1v) is 16.2. The van der Waals surface area contributed by atoms with Gasteiger partial charge in [0.2, 0.25) is 0 Å². The van der Waals surface area contributed by atoms with Gasteiger partial charge in [-0.1, -0.05) is 37.6 Å². The molecule has 214 valence electrons. The fraction of sp³-hybridized carbons (Fsp3) is 0.800. The number of nitrogens with one attached hydrogen (secondary N) is 2. The molecule has 1 aliphatic heterocycles. The minimum atomic E-state index is 0.459. The lowest BCUT2D eigenvalue weighted by atomic mass is 9.46. The first-order chi connectivity index (χ1) is 18.3. The van der Waals surface area contributed by atoms with E-state index in [-0.39, 0.29) is 0 Å². The number of aliphatic imine (C=N–C) groups is 1. The zero-order valence-corrected chi connectivity index (χ0v) is 25.4. The highest BCUT2D eigenvalue weighted by Crippen LogP contribution is 2.67. The Morgan fingerprint density at radius 3 is 2.47 bits per heavy atom. The number of fused-ring (bicyclic) bond motifs is 5. The van der Waals surface area contributed by atoms with Gasteiger partial charge in [0.1, 0.15) is 0 Å². The Morgan fingerprint density at radius 2 is 1.82 bits per heavy atom. The van der Waals surface area contributed by atoms with Crippen molar-refractivity contribution in [3.63, 3.8) is 0 Å². The van der Waals surface area contributed by atoms with Crippen molar-refractivity contribution < 1.29 is 0 Å². The van der Waals surface area contributed by atoms with Crippen molar-refractivity contribution in [2.75, 3.05) is 20.1 Å². The topological polar surface area (TPSA) is 36.4 Å². The average molecular weight is 522 g/mol. The highest BCUT2D eigenvalue weighted by molar-refractivity contribution is 5.85. The molecule has 0 spiro atoms. The predicted octanol–water partition coefficient (Wildman–Crippen LogP) is 8.29. The van der Waals surface area contributed by atoms with Crippen molar-refractivity contribution in [3.05, 3.63) is 37.0 Å². The second-order valence-electron chi connectivity index (χ2n) is 13.9. The Hall–Kier alpha value is -1.19. The summed E-state index contributed by atoms with van der Waals surface area (Å²) >= 11 is 0. The first kappa shape index (κ1) is 29.8. The molecular formula is C35H59N3. The van der Waals surface area contributed by atoms with Crippen molar-refractivity contribution in [1.82, 2.24) is 10.6 Å². The van der Waals surface area contributed by atoms with Crippen LogP contribution in [-0.4, -0.2) is 37.9 Å². The van der Waals surface area contributed by atoms with Crippen molar-refractivity contribution in [2.45, 2.75) is 123 Å². The van der Waals surface area contributed by atoms with Crippen molar-refractivity contribution in [3.8, 4) is 0 Å². The molecule has 0 aromatic heterocycles. The van der Waals surface area contributed by atoms with Gasteiger partial charge in [-0.05, 0) is 139 Å². The third kappa shape index (κ3) is 6.25. The van der Waals surface area contributed by atoms with Gasteiger partial charge < -0.3 is 10.6 Å². The van der Waals surface area contributed by atoms with Crippen molar-refractivity contribution in [2.24, 2.45) is 39.5 Å². The molecule has 3 heteroatoms. The lowest BCUT2D eigenvalue weighted by Crippen LogP contribution is -2.50. The van der Waals surface area contributed by atoms with Crippen LogP contribution < -0.4 is 10.6 Å². The van der Waals surface area contributed by atoms with E-state index in [2.05, 4.69) is 57.2 Å². The monoisotopic (exact) mass is 521 g/mol. The lowest BCUT2D eigenvalue weighted by molar-refractivity contribution is -0.0417. The quantitative estimate of drug-likeness (QED) is 0.209. The molecule has 3 nitrogen and oxygen atoms in total. The first-order valence-electron chi connectivity index (χ1n) is 16.2. The largest absolute Gasteiger partial charge is 0.317 e. The normalized spacial score (nSPS) is 40.0. The zero-order chi connectivity index (χ0) is 27.3. The van der Waals surface area contributed by atoms with E-state index < -0.39 is 0 Å². The van der Waals surface area contributed by atoms with E-state index in [1.807, 2.05) is 7.05 Å². The smallest absolute Gasteiger partial charge is 0.0389 e. The molecule has 0 aromatic rings. The number of allylic oxidation sites excluding steroid dienone is 3. The summed E-state index contributed by atoms with van der Waals surface area (Å²) in [5.74, 6) is 3.51. The second-order valence-corrected chi connectivity index (χ2v) is 13.9. The van der Waals surface area contributed by atoms with Gasteiger partial charge in [0.05, 0.1) is 0 Å². The number of hydrogen-bond donors (Lipinski definition) is 2. The summed E-state index contributed by atoms with van der Waals surface area (Å²) in [6.07, 6.45) is 21.6. The van der Waals surface area contributed by atoms with Crippen LogP contribution in [-0.2, 0) is 0 Å². The minimum Gasteiger partial charge on any atom is -0.317 e. The Labute approximate surface area is 235 Å². The molecule has 5 aliphatic carbocycles. The van der Waals surface area contributed by atoms with Gasteiger partial charge in [-0.25, -0.2) is 0 Å². The fourth-order valence-electron chi connectivity index (χ4n) is 9.41. The fourth-order valence-corrected chi connectivity index (χ4v) is 9.41. The summed E-state index contributed by atoms with van der Waals surface area (Å²) in [6, 6.07) is 1.65. The molecule has 6 rings (SSSR count). The Kier molecular flexibility index (Phi) is 10.2. The number of hydrogen-bond acceptors (Lipinski definition) is 3. The highest BCUT2D eigenvalue weighted by Gasteiger charge is 2.59. The van der Waals surface area contributed by atoms with Gasteiger partial charge in [-0.15, -0.1) is 13.2 Å². The summed E-state index contributed by atoms with van der Waals surface area (Å²) in [4.78, 5) is 5.16. The maximum absolute atomic E-state index is 5.16. The van der Waals surface area contributed by atoms with Crippen molar-refractivity contribution in [1.29, 1.82) is 0 Å². The van der Waals surface area contributed by atoms with Gasteiger partial charge in [-0.3, -0.25) is 4.99 Å². The molecule has 0 amide bonds. The molecule has 7 unspecified atom stereocenters. The van der Waals surface area contributed by atoms with Crippen LogP contribution in [0.5, 0.6) is 0 Å². The second kappa shape index (κ2) is 13.0. The summed E-state index contributed by atoms with van der Waals surface area (Å²) in [5, 5.41) is 6.78. The van der Waals surface area contributed by atoms with E-state index in [0.717, 1.165) is 42.3 Å². The van der Waals surface area contributed by atoms with Crippen LogP contribution in [0.25, 0.3) is 0 Å². The lowest BCUT2D eigenvalue weighted by Gasteiger charge is -2.58. The molecule has 0 bridgehead atoms. The standard InChI is InChI=1S/C29H46N2.C4H9N.C2H4/c1-20-13-15-28(3)22(19-20)9-10-24-26-12-11-25(29(26,4)16-14-27(24)28)21(2)30-17-5-7-23-8-6-18-31-23;1-5-4-2-3-4;1-2/h19,23-27,31H,1,5-18H2,2-4H3;4-5H,2-3H2,1H3;1-2H2. The van der Waals surface area contributed by atoms with Crippen LogP contribution in [0.15, 0.2) is 42.0 Å². The van der Waals surface area contributed by atoms with Crippen molar-refractivity contribution >= 4 is 5.71 Å². The van der Waals surface area contributed by atoms with E-state index in [1.165, 1.54) is 108 Å². The summed E-state index contributed by atoms with van der Waals surface area (Å²) in [7, 11) is 2.01. The minimum absolute atomic E-state index is 0.459. The molecule has 38 heavy (non-hydrogen) atoms. The number of rotatable bonds is 6. The Morgan fingerprint density at radius 1 is 1.03 bits per heavy atom. The van der Waals surface area contributed by atoms with Crippen LogP contribution in [0.3, 0.4) is 0 Å². The summed E-state index contributed by atoms with van der Waals surface area (Å²) in [6.45, 7) is 20.2. The molecule has 0 aromatic carbocycles. The summed E-state index contributed by atoms with van der Waals surface area (Å²) < 4.78 is 0. The highest BCUT2D eigenvalue weighted by atomic mass is 14.9. The molecule has 6 aliphatic rings. The van der Waals surface area contributed by atoms with Crippen LogP contribution in [0.4, 0.5) is 0 Å². The Bertz CT molecular complexity index is 862. The van der Waals surface area contributed by atoms with Gasteiger partial charge >= 0.3 is 0 Å². The zero-order valence-electron chi connectivity index (χ0n) is 25.4. The van der Waals surface area contributed by atoms with Crippen LogP contribution in [0.1, 0.15) is 111 Å². The maximum Gasteiger partial charge on any atom is 0.0389 e. The predicted molar refractivity (Wildman–Crippen MR) is 166 cm³/mol.